The Balaban J connectivity index is 2.14. The van der Waals surface area contributed by atoms with Crippen LogP contribution in [-0.2, 0) is 5.75 Å². The molecule has 0 fully saturated rings. The number of nitrogens with zero attached hydrogens (tertiary/aromatic N) is 4. The van der Waals surface area contributed by atoms with Gasteiger partial charge in [0.15, 0.2) is 0 Å². The third-order valence-corrected chi connectivity index (χ3v) is 4.32. The molecule has 1 aromatic carbocycles. The SMILES string of the molecule is Clc1ccc2c(c1)-c1c(cnc3ncnn13)CS2. The lowest BCUT2D eigenvalue weighted by atomic mass is 10.1. The van der Waals surface area contributed by atoms with E-state index in [0.717, 1.165) is 27.6 Å². The van der Waals surface area contributed by atoms with Gasteiger partial charge in [0.25, 0.3) is 5.78 Å². The third-order valence-electron chi connectivity index (χ3n) is 2.96. The van der Waals surface area contributed by atoms with Crippen LogP contribution in [0.4, 0.5) is 0 Å². The molecule has 0 bridgehead atoms. The molecule has 1 aliphatic heterocycles. The van der Waals surface area contributed by atoms with Crippen molar-refractivity contribution < 1.29 is 0 Å². The van der Waals surface area contributed by atoms with E-state index in [2.05, 4.69) is 21.1 Å². The minimum absolute atomic E-state index is 0.617. The van der Waals surface area contributed by atoms with E-state index in [1.807, 2.05) is 18.3 Å². The summed E-state index contributed by atoms with van der Waals surface area (Å²) < 4.78 is 1.78. The van der Waals surface area contributed by atoms with Crippen LogP contribution in [0.3, 0.4) is 0 Å². The zero-order valence-corrected chi connectivity index (χ0v) is 10.7. The monoisotopic (exact) mass is 274 g/mol. The zero-order chi connectivity index (χ0) is 12.1. The van der Waals surface area contributed by atoms with Gasteiger partial charge in [-0.15, -0.1) is 11.8 Å². The van der Waals surface area contributed by atoms with Crippen LogP contribution in [0, 0.1) is 0 Å². The summed E-state index contributed by atoms with van der Waals surface area (Å²) in [4.78, 5) is 9.63. The van der Waals surface area contributed by atoms with Crippen molar-refractivity contribution in [3.8, 4) is 11.3 Å². The van der Waals surface area contributed by atoms with Gasteiger partial charge in [0.1, 0.15) is 6.33 Å². The van der Waals surface area contributed by atoms with Crippen molar-refractivity contribution in [1.29, 1.82) is 0 Å². The summed E-state index contributed by atoms with van der Waals surface area (Å²) in [6, 6.07) is 5.94. The molecule has 4 nitrogen and oxygen atoms in total. The van der Waals surface area contributed by atoms with E-state index >= 15 is 0 Å². The number of aromatic nitrogens is 4. The van der Waals surface area contributed by atoms with E-state index in [9.17, 15) is 0 Å². The van der Waals surface area contributed by atoms with Crippen molar-refractivity contribution in [3.63, 3.8) is 0 Å². The van der Waals surface area contributed by atoms with Gasteiger partial charge >= 0.3 is 0 Å². The van der Waals surface area contributed by atoms with Crippen molar-refractivity contribution in [2.75, 3.05) is 0 Å². The molecule has 0 radical (unpaired) electrons. The molecule has 0 unspecified atom stereocenters. The van der Waals surface area contributed by atoms with E-state index < -0.39 is 0 Å². The summed E-state index contributed by atoms with van der Waals surface area (Å²) in [6.07, 6.45) is 3.39. The Labute approximate surface area is 112 Å². The Morgan fingerprint density at radius 3 is 3.17 bits per heavy atom. The Morgan fingerprint density at radius 2 is 2.22 bits per heavy atom. The summed E-state index contributed by atoms with van der Waals surface area (Å²) in [5.74, 6) is 1.51. The van der Waals surface area contributed by atoms with Gasteiger partial charge in [-0.1, -0.05) is 11.6 Å². The lowest BCUT2D eigenvalue weighted by molar-refractivity contribution is 0.928. The van der Waals surface area contributed by atoms with Gasteiger partial charge in [-0.05, 0) is 18.2 Å². The number of halogens is 1. The molecular formula is C12H7ClN4S. The van der Waals surface area contributed by atoms with Gasteiger partial charge in [0.2, 0.25) is 0 Å². The first kappa shape index (κ1) is 10.3. The molecule has 0 spiro atoms. The highest BCUT2D eigenvalue weighted by Crippen LogP contribution is 2.41. The second-order valence-corrected chi connectivity index (χ2v) is 5.49. The lowest BCUT2D eigenvalue weighted by Gasteiger charge is -2.19. The Kier molecular flexibility index (Phi) is 2.13. The smallest absolute Gasteiger partial charge is 0.219 e. The zero-order valence-electron chi connectivity index (χ0n) is 9.17. The molecule has 18 heavy (non-hydrogen) atoms. The first-order valence-corrected chi connectivity index (χ1v) is 6.79. The Morgan fingerprint density at radius 1 is 1.28 bits per heavy atom. The molecule has 1 aliphatic rings. The maximum absolute atomic E-state index is 6.10. The second kappa shape index (κ2) is 3.70. The van der Waals surface area contributed by atoms with Gasteiger partial charge in [-0.2, -0.15) is 14.6 Å². The minimum atomic E-state index is 0.617. The first-order valence-electron chi connectivity index (χ1n) is 5.43. The molecule has 88 valence electrons. The van der Waals surface area contributed by atoms with Crippen LogP contribution in [-0.4, -0.2) is 19.6 Å². The Bertz CT molecular complexity index is 768. The van der Waals surface area contributed by atoms with E-state index in [4.69, 9.17) is 11.6 Å². The number of hydrogen-bond acceptors (Lipinski definition) is 4. The average Bonchev–Trinajstić information content (AvgIpc) is 2.86. The molecule has 0 amide bonds. The normalized spacial score (nSPS) is 13.4. The topological polar surface area (TPSA) is 43.1 Å². The summed E-state index contributed by atoms with van der Waals surface area (Å²) in [5, 5.41) is 4.98. The summed E-state index contributed by atoms with van der Waals surface area (Å²) in [5.41, 5.74) is 3.31. The molecule has 0 atom stereocenters. The number of hydrogen-bond donors (Lipinski definition) is 0. The standard InChI is InChI=1S/C12H7ClN4S/c13-8-1-2-10-9(3-8)11-7(5-18-10)4-14-12-15-6-16-17(11)12/h1-4,6H,5H2. The van der Waals surface area contributed by atoms with Crippen LogP contribution < -0.4 is 0 Å². The molecule has 3 heterocycles. The van der Waals surface area contributed by atoms with Gasteiger partial charge in [0, 0.05) is 33.0 Å². The van der Waals surface area contributed by atoms with Gasteiger partial charge in [-0.25, -0.2) is 4.98 Å². The largest absolute Gasteiger partial charge is 0.252 e. The van der Waals surface area contributed by atoms with Crippen LogP contribution in [0.2, 0.25) is 5.02 Å². The first-order chi connectivity index (χ1) is 8.83. The van der Waals surface area contributed by atoms with E-state index in [1.165, 1.54) is 11.2 Å². The predicted octanol–water partition coefficient (Wildman–Crippen LogP) is 3.05. The molecule has 6 heteroatoms. The maximum atomic E-state index is 6.10. The highest BCUT2D eigenvalue weighted by atomic mass is 35.5. The molecule has 0 saturated carbocycles. The highest BCUT2D eigenvalue weighted by Gasteiger charge is 2.21. The molecule has 2 aromatic heterocycles. The number of fused-ring (bicyclic) bond motifs is 5. The van der Waals surface area contributed by atoms with E-state index in [0.29, 0.717) is 5.78 Å². The number of thioether (sulfide) groups is 1. The van der Waals surface area contributed by atoms with Gasteiger partial charge < -0.3 is 0 Å². The minimum Gasteiger partial charge on any atom is -0.219 e. The van der Waals surface area contributed by atoms with Crippen LogP contribution in [0.25, 0.3) is 17.0 Å². The van der Waals surface area contributed by atoms with Gasteiger partial charge in [-0.3, -0.25) is 0 Å². The van der Waals surface area contributed by atoms with Crippen LogP contribution in [0.1, 0.15) is 5.56 Å². The quantitative estimate of drug-likeness (QED) is 0.632. The second-order valence-electron chi connectivity index (χ2n) is 4.03. The van der Waals surface area contributed by atoms with Gasteiger partial charge in [0.05, 0.1) is 5.69 Å². The van der Waals surface area contributed by atoms with Crippen molar-refractivity contribution in [2.24, 2.45) is 0 Å². The van der Waals surface area contributed by atoms with Crippen LogP contribution in [0.5, 0.6) is 0 Å². The molecule has 3 aromatic rings. The van der Waals surface area contributed by atoms with Crippen molar-refractivity contribution >= 4 is 29.1 Å². The molecule has 0 N–H and O–H groups in total. The van der Waals surface area contributed by atoms with Crippen LogP contribution in [0.15, 0.2) is 35.6 Å². The molecule has 0 saturated heterocycles. The fourth-order valence-electron chi connectivity index (χ4n) is 2.18. The van der Waals surface area contributed by atoms with Crippen LogP contribution >= 0.6 is 23.4 Å². The summed E-state index contributed by atoms with van der Waals surface area (Å²) in [7, 11) is 0. The van der Waals surface area contributed by atoms with E-state index in [-0.39, 0.29) is 0 Å². The lowest BCUT2D eigenvalue weighted by Crippen LogP contribution is -2.05. The third kappa shape index (κ3) is 1.38. The number of benzene rings is 1. The Hall–Kier alpha value is -1.59. The molecular weight excluding hydrogens is 268 g/mol. The number of rotatable bonds is 0. The van der Waals surface area contributed by atoms with Crippen molar-refractivity contribution in [1.82, 2.24) is 19.6 Å². The predicted molar refractivity (Wildman–Crippen MR) is 70.8 cm³/mol. The maximum Gasteiger partial charge on any atom is 0.252 e. The van der Waals surface area contributed by atoms with E-state index in [1.54, 1.807) is 16.3 Å². The fourth-order valence-corrected chi connectivity index (χ4v) is 3.35. The average molecular weight is 275 g/mol. The fraction of sp³-hybridized carbons (Fsp3) is 0.0833. The molecule has 0 aliphatic carbocycles. The van der Waals surface area contributed by atoms with Crippen molar-refractivity contribution in [3.05, 3.63) is 41.3 Å². The molecule has 4 rings (SSSR count). The van der Waals surface area contributed by atoms with Crippen molar-refractivity contribution in [2.45, 2.75) is 10.6 Å². The summed E-state index contributed by atoms with van der Waals surface area (Å²) in [6.45, 7) is 0. The highest BCUT2D eigenvalue weighted by molar-refractivity contribution is 7.98. The summed E-state index contributed by atoms with van der Waals surface area (Å²) >= 11 is 7.89.